The summed E-state index contributed by atoms with van der Waals surface area (Å²) in [4.78, 5) is 19.0. The third-order valence-electron chi connectivity index (χ3n) is 5.43. The summed E-state index contributed by atoms with van der Waals surface area (Å²) in [6.45, 7) is 0.940. The second-order valence-corrected chi connectivity index (χ2v) is 7.62. The molecule has 1 atom stereocenters. The smallest absolute Gasteiger partial charge is 0.393 e. The Labute approximate surface area is 172 Å². The van der Waals surface area contributed by atoms with Gasteiger partial charge in [0.2, 0.25) is 5.91 Å². The number of nitrogens with zero attached hydrogens (tertiary/aromatic N) is 3. The van der Waals surface area contributed by atoms with Crippen molar-refractivity contribution in [3.63, 3.8) is 0 Å². The van der Waals surface area contributed by atoms with Crippen LogP contribution in [0.1, 0.15) is 31.2 Å². The predicted octanol–water partition coefficient (Wildman–Crippen LogP) is 2.73. The average molecular weight is 420 g/mol. The molecule has 0 aliphatic carbocycles. The first kappa shape index (κ1) is 20.6. The highest BCUT2D eigenvalue weighted by Gasteiger charge is 2.45. The number of hydrazine groups is 1. The summed E-state index contributed by atoms with van der Waals surface area (Å²) in [5.41, 5.74) is 2.52. The highest BCUT2D eigenvalue weighted by Crippen LogP contribution is 2.35. The number of hydrogen-bond acceptors (Lipinski definition) is 5. The van der Waals surface area contributed by atoms with Gasteiger partial charge in [-0.05, 0) is 37.8 Å². The number of carbonyl (C=O) groups excluding carboxylic acids is 1. The van der Waals surface area contributed by atoms with Gasteiger partial charge in [-0.2, -0.15) is 13.2 Å². The van der Waals surface area contributed by atoms with Crippen molar-refractivity contribution in [3.05, 3.63) is 59.6 Å². The number of aliphatic hydroxyl groups excluding tert-OH is 1. The maximum atomic E-state index is 13.7. The van der Waals surface area contributed by atoms with Crippen LogP contribution in [0.25, 0.3) is 0 Å². The Morgan fingerprint density at radius 3 is 2.43 bits per heavy atom. The maximum Gasteiger partial charge on any atom is 0.433 e. The number of halogens is 3. The quantitative estimate of drug-likeness (QED) is 0.772. The third-order valence-corrected chi connectivity index (χ3v) is 5.43. The van der Waals surface area contributed by atoms with Crippen LogP contribution in [0.15, 0.2) is 59.0 Å². The second-order valence-electron chi connectivity index (χ2n) is 7.62. The lowest BCUT2D eigenvalue weighted by Crippen LogP contribution is -2.50. The molecule has 30 heavy (non-hydrogen) atoms. The molecule has 0 radical (unpaired) electrons. The van der Waals surface area contributed by atoms with Gasteiger partial charge in [0.15, 0.2) is 0 Å². The van der Waals surface area contributed by atoms with Gasteiger partial charge >= 0.3 is 6.18 Å². The van der Waals surface area contributed by atoms with Gasteiger partial charge < -0.3 is 10.0 Å². The lowest BCUT2D eigenvalue weighted by molar-refractivity contribution is -0.135. The lowest BCUT2D eigenvalue weighted by Gasteiger charge is -2.31. The summed E-state index contributed by atoms with van der Waals surface area (Å²) in [6.07, 6.45) is 0.00133. The monoisotopic (exact) mass is 420 g/mol. The molecular weight excluding hydrogens is 397 g/mol. The number of alkyl halides is 3. The summed E-state index contributed by atoms with van der Waals surface area (Å²) in [5.74, 6) is -0.226. The van der Waals surface area contributed by atoms with Crippen molar-refractivity contribution < 1.29 is 23.1 Å². The standard InChI is InChI=1S/C21H23F3N4O2/c22-21(23,24)18-12-16(14-6-2-1-3-7-14)25-19-13-17(26-28(18)19)20(30)27-10-4-8-15(29)9-5-11-27/h1-3,6-7,12-13,15,17,26,29H,4-5,8-11H2. The minimum atomic E-state index is -4.61. The number of nitrogens with one attached hydrogen (secondary N) is 1. The molecule has 4 rings (SSSR count). The largest absolute Gasteiger partial charge is 0.433 e. The highest BCUT2D eigenvalue weighted by atomic mass is 19.4. The van der Waals surface area contributed by atoms with Crippen LogP contribution < -0.4 is 5.43 Å². The fourth-order valence-corrected chi connectivity index (χ4v) is 3.90. The molecule has 3 aliphatic heterocycles. The molecule has 1 unspecified atom stereocenters. The fraction of sp³-hybridized carbons (Fsp3) is 0.429. The average Bonchev–Trinajstić information content (AvgIpc) is 3.13. The van der Waals surface area contributed by atoms with Crippen LogP contribution in [0, 0.1) is 0 Å². The number of likely N-dealkylation sites (tertiary alicyclic amines) is 1. The van der Waals surface area contributed by atoms with Crippen molar-refractivity contribution >= 4 is 11.6 Å². The normalized spacial score (nSPS) is 23.2. The number of allylic oxidation sites excluding steroid dienone is 2. The molecular formula is C21H23F3N4O2. The van der Waals surface area contributed by atoms with E-state index in [1.807, 2.05) is 0 Å². The number of hydrogen-bond donors (Lipinski definition) is 2. The van der Waals surface area contributed by atoms with E-state index >= 15 is 0 Å². The van der Waals surface area contributed by atoms with Crippen molar-refractivity contribution in [1.29, 1.82) is 0 Å². The van der Waals surface area contributed by atoms with E-state index in [1.54, 1.807) is 35.2 Å². The molecule has 3 aliphatic rings. The van der Waals surface area contributed by atoms with Gasteiger partial charge in [-0.3, -0.25) is 9.80 Å². The van der Waals surface area contributed by atoms with Crippen LogP contribution in [0.3, 0.4) is 0 Å². The Bertz CT molecular complexity index is 885. The van der Waals surface area contributed by atoms with Crippen molar-refractivity contribution in [2.24, 2.45) is 4.99 Å². The van der Waals surface area contributed by atoms with Gasteiger partial charge in [0, 0.05) is 18.7 Å². The zero-order valence-electron chi connectivity index (χ0n) is 16.3. The molecule has 6 nitrogen and oxygen atoms in total. The Balaban J connectivity index is 1.59. The molecule has 1 amide bonds. The lowest BCUT2D eigenvalue weighted by atomic mass is 10.0. The molecule has 1 aromatic carbocycles. The summed E-state index contributed by atoms with van der Waals surface area (Å²) < 4.78 is 41.2. The molecule has 160 valence electrons. The van der Waals surface area contributed by atoms with E-state index in [-0.39, 0.29) is 23.5 Å². The van der Waals surface area contributed by atoms with Crippen LogP contribution in [0.5, 0.6) is 0 Å². The minimum Gasteiger partial charge on any atom is -0.393 e. The van der Waals surface area contributed by atoms with Gasteiger partial charge in [-0.1, -0.05) is 30.3 Å². The third kappa shape index (κ3) is 4.27. The van der Waals surface area contributed by atoms with Gasteiger partial charge in [0.25, 0.3) is 0 Å². The van der Waals surface area contributed by atoms with Crippen LogP contribution in [0.2, 0.25) is 0 Å². The van der Waals surface area contributed by atoms with Crippen molar-refractivity contribution in [2.45, 2.75) is 44.0 Å². The van der Waals surface area contributed by atoms with Gasteiger partial charge in [0.1, 0.15) is 17.6 Å². The topological polar surface area (TPSA) is 68.2 Å². The van der Waals surface area contributed by atoms with E-state index < -0.39 is 17.9 Å². The number of carbonyl (C=O) groups is 1. The number of aliphatic imine (C=N–C) groups is 1. The number of amides is 1. The SMILES string of the molecule is O=C(C1C=C2N=C(c3ccccc3)C=C(C(F)(F)F)N2N1)N1CCCC(O)CCC1. The summed E-state index contributed by atoms with van der Waals surface area (Å²) in [7, 11) is 0. The number of aliphatic hydroxyl groups is 1. The van der Waals surface area contributed by atoms with Gasteiger partial charge in [0.05, 0.1) is 11.8 Å². The Morgan fingerprint density at radius 2 is 1.80 bits per heavy atom. The highest BCUT2D eigenvalue weighted by molar-refractivity contribution is 6.10. The Morgan fingerprint density at radius 1 is 1.13 bits per heavy atom. The minimum absolute atomic E-state index is 0.0597. The zero-order valence-corrected chi connectivity index (χ0v) is 16.3. The number of benzene rings is 1. The Kier molecular flexibility index (Phi) is 5.66. The second kappa shape index (κ2) is 8.23. The van der Waals surface area contributed by atoms with Crippen LogP contribution in [-0.2, 0) is 4.79 Å². The van der Waals surface area contributed by atoms with Crippen LogP contribution >= 0.6 is 0 Å². The molecule has 1 aromatic rings. The summed E-state index contributed by atoms with van der Waals surface area (Å²) in [6, 6.07) is 7.71. The first-order valence-electron chi connectivity index (χ1n) is 10.0. The van der Waals surface area contributed by atoms with Crippen LogP contribution in [0.4, 0.5) is 13.2 Å². The molecule has 1 saturated heterocycles. The fourth-order valence-electron chi connectivity index (χ4n) is 3.90. The molecule has 0 saturated carbocycles. The Hall–Kier alpha value is -2.65. The van der Waals surface area contributed by atoms with E-state index in [4.69, 9.17) is 0 Å². The predicted molar refractivity (Wildman–Crippen MR) is 105 cm³/mol. The van der Waals surface area contributed by atoms with E-state index in [2.05, 4.69) is 10.4 Å². The number of fused-ring (bicyclic) bond motifs is 1. The molecule has 0 aromatic heterocycles. The molecule has 3 heterocycles. The van der Waals surface area contributed by atoms with Gasteiger partial charge in [-0.15, -0.1) is 0 Å². The molecule has 0 spiro atoms. The van der Waals surface area contributed by atoms with Crippen molar-refractivity contribution in [2.75, 3.05) is 13.1 Å². The van der Waals surface area contributed by atoms with Crippen LogP contribution in [-0.4, -0.2) is 58.0 Å². The van der Waals surface area contributed by atoms with E-state index in [9.17, 15) is 23.1 Å². The van der Waals surface area contributed by atoms with E-state index in [1.165, 1.54) is 6.08 Å². The van der Waals surface area contributed by atoms with Crippen molar-refractivity contribution in [3.8, 4) is 0 Å². The van der Waals surface area contributed by atoms with E-state index in [0.717, 1.165) is 11.1 Å². The molecule has 1 fully saturated rings. The molecule has 0 bridgehead atoms. The maximum absolute atomic E-state index is 13.7. The molecule has 2 N–H and O–H groups in total. The molecule has 9 heteroatoms. The van der Waals surface area contributed by atoms with Crippen molar-refractivity contribution in [1.82, 2.24) is 15.3 Å². The van der Waals surface area contributed by atoms with Gasteiger partial charge in [-0.25, -0.2) is 10.4 Å². The number of rotatable bonds is 2. The summed E-state index contributed by atoms with van der Waals surface area (Å²) in [5, 5.41) is 10.6. The summed E-state index contributed by atoms with van der Waals surface area (Å²) >= 11 is 0. The zero-order chi connectivity index (χ0) is 21.3. The first-order chi connectivity index (χ1) is 14.3. The van der Waals surface area contributed by atoms with E-state index in [0.29, 0.717) is 44.3 Å². The first-order valence-corrected chi connectivity index (χ1v) is 10.0.